The number of nitrogens with two attached hydrogens (primary N) is 1. The van der Waals surface area contributed by atoms with Crippen LogP contribution in [0, 0.1) is 0 Å². The molecule has 2 heterocycles. The summed E-state index contributed by atoms with van der Waals surface area (Å²) in [7, 11) is 0. The molecular weight excluding hydrogens is 194 g/mol. The van der Waals surface area contributed by atoms with E-state index in [2.05, 4.69) is 5.32 Å². The Kier molecular flexibility index (Phi) is 3.03. The molecule has 1 saturated heterocycles. The second-order valence-corrected chi connectivity index (χ2v) is 3.59. The van der Waals surface area contributed by atoms with Gasteiger partial charge in [-0.2, -0.15) is 0 Å². The highest BCUT2D eigenvalue weighted by Gasteiger charge is 2.25. The van der Waals surface area contributed by atoms with Crippen LogP contribution in [0.4, 0.5) is 0 Å². The summed E-state index contributed by atoms with van der Waals surface area (Å²) in [4.78, 5) is 13.3. The first-order valence-corrected chi connectivity index (χ1v) is 5.05. The van der Waals surface area contributed by atoms with E-state index in [-0.39, 0.29) is 11.9 Å². The van der Waals surface area contributed by atoms with Crippen molar-refractivity contribution in [1.82, 2.24) is 10.2 Å². The van der Waals surface area contributed by atoms with Crippen LogP contribution in [0.5, 0.6) is 0 Å². The van der Waals surface area contributed by atoms with Crippen molar-refractivity contribution in [2.45, 2.75) is 6.04 Å². The number of piperazine rings is 1. The van der Waals surface area contributed by atoms with Crippen molar-refractivity contribution < 1.29 is 9.21 Å². The number of amides is 1. The third kappa shape index (κ3) is 2.19. The van der Waals surface area contributed by atoms with Crippen LogP contribution < -0.4 is 11.1 Å². The Morgan fingerprint density at radius 1 is 1.67 bits per heavy atom. The number of nitrogens with one attached hydrogen (secondary N) is 1. The first-order chi connectivity index (χ1) is 7.31. The molecule has 3 N–H and O–H groups in total. The predicted octanol–water partition coefficient (Wildman–Crippen LogP) is -0.289. The smallest absolute Gasteiger partial charge is 0.234 e. The Balaban J connectivity index is 2.09. The van der Waals surface area contributed by atoms with E-state index in [1.165, 1.54) is 0 Å². The summed E-state index contributed by atoms with van der Waals surface area (Å²) < 4.78 is 5.32. The van der Waals surface area contributed by atoms with Crippen molar-refractivity contribution in [3.05, 3.63) is 24.2 Å². The lowest BCUT2D eigenvalue weighted by molar-refractivity contribution is -0.125. The third-order valence-corrected chi connectivity index (χ3v) is 2.60. The van der Waals surface area contributed by atoms with E-state index in [4.69, 9.17) is 10.2 Å². The topological polar surface area (TPSA) is 71.5 Å². The Bertz CT molecular complexity index is 323. The maximum atomic E-state index is 11.2. The van der Waals surface area contributed by atoms with Crippen LogP contribution in [0.2, 0.25) is 0 Å². The van der Waals surface area contributed by atoms with E-state index in [0.29, 0.717) is 19.6 Å². The van der Waals surface area contributed by atoms with Gasteiger partial charge in [0.15, 0.2) is 0 Å². The number of hydrogen-bond acceptors (Lipinski definition) is 4. The van der Waals surface area contributed by atoms with Gasteiger partial charge in [0.2, 0.25) is 5.91 Å². The lowest BCUT2D eigenvalue weighted by Gasteiger charge is -2.32. The number of nitrogens with zero attached hydrogens (tertiary/aromatic N) is 1. The summed E-state index contributed by atoms with van der Waals surface area (Å²) in [5, 5.41) is 2.78. The van der Waals surface area contributed by atoms with Gasteiger partial charge in [-0.25, -0.2) is 0 Å². The van der Waals surface area contributed by atoms with E-state index < -0.39 is 0 Å². The van der Waals surface area contributed by atoms with E-state index in [9.17, 15) is 4.79 Å². The van der Waals surface area contributed by atoms with Crippen LogP contribution in [0.3, 0.4) is 0 Å². The van der Waals surface area contributed by atoms with Crippen LogP contribution in [0.1, 0.15) is 11.8 Å². The molecule has 1 unspecified atom stereocenters. The third-order valence-electron chi connectivity index (χ3n) is 2.60. The fraction of sp³-hybridized carbons (Fsp3) is 0.500. The minimum Gasteiger partial charge on any atom is -0.468 e. The van der Waals surface area contributed by atoms with Crippen molar-refractivity contribution in [3.63, 3.8) is 0 Å². The van der Waals surface area contributed by atoms with Gasteiger partial charge in [0.25, 0.3) is 0 Å². The van der Waals surface area contributed by atoms with Gasteiger partial charge >= 0.3 is 0 Å². The maximum Gasteiger partial charge on any atom is 0.234 e. The van der Waals surface area contributed by atoms with Gasteiger partial charge in [-0.05, 0) is 12.1 Å². The summed E-state index contributed by atoms with van der Waals surface area (Å²) in [6.45, 7) is 2.34. The second kappa shape index (κ2) is 4.46. The summed E-state index contributed by atoms with van der Waals surface area (Å²) in [6, 6.07) is 3.73. The van der Waals surface area contributed by atoms with Crippen molar-refractivity contribution in [1.29, 1.82) is 0 Å². The first-order valence-electron chi connectivity index (χ1n) is 5.05. The number of hydrogen-bond donors (Lipinski definition) is 2. The van der Waals surface area contributed by atoms with E-state index >= 15 is 0 Å². The minimum absolute atomic E-state index is 0.00560. The SMILES string of the molecule is NCC(c1ccco1)N1CCNC(=O)C1. The van der Waals surface area contributed by atoms with Gasteiger partial charge in [-0.1, -0.05) is 0 Å². The molecule has 2 rings (SSSR count). The summed E-state index contributed by atoms with van der Waals surface area (Å²) in [5.74, 6) is 0.874. The van der Waals surface area contributed by atoms with Crippen LogP contribution in [0.25, 0.3) is 0 Å². The molecule has 1 atom stereocenters. The van der Waals surface area contributed by atoms with E-state index in [1.807, 2.05) is 17.0 Å². The minimum atomic E-state index is 0.00560. The molecule has 1 aliphatic heterocycles. The standard InChI is InChI=1S/C10H15N3O2/c11-6-8(9-2-1-5-15-9)13-4-3-12-10(14)7-13/h1-2,5,8H,3-4,6-7,11H2,(H,12,14). The fourth-order valence-corrected chi connectivity index (χ4v) is 1.85. The van der Waals surface area contributed by atoms with Gasteiger partial charge in [0, 0.05) is 19.6 Å². The number of carbonyl (C=O) groups excluding carboxylic acids is 1. The Morgan fingerprint density at radius 2 is 2.53 bits per heavy atom. The molecule has 15 heavy (non-hydrogen) atoms. The molecule has 82 valence electrons. The quantitative estimate of drug-likeness (QED) is 0.717. The predicted molar refractivity (Wildman–Crippen MR) is 55.1 cm³/mol. The van der Waals surface area contributed by atoms with Gasteiger partial charge in [-0.15, -0.1) is 0 Å². The Labute approximate surface area is 88.2 Å². The highest BCUT2D eigenvalue weighted by molar-refractivity contribution is 5.78. The molecule has 0 radical (unpaired) electrons. The highest BCUT2D eigenvalue weighted by atomic mass is 16.3. The molecule has 0 saturated carbocycles. The molecule has 1 amide bonds. The molecular formula is C10H15N3O2. The second-order valence-electron chi connectivity index (χ2n) is 3.59. The van der Waals surface area contributed by atoms with Crippen LogP contribution >= 0.6 is 0 Å². The zero-order valence-electron chi connectivity index (χ0n) is 8.48. The summed E-state index contributed by atoms with van der Waals surface area (Å²) in [5.41, 5.74) is 5.71. The molecule has 0 spiro atoms. The zero-order chi connectivity index (χ0) is 10.7. The zero-order valence-corrected chi connectivity index (χ0v) is 8.48. The fourth-order valence-electron chi connectivity index (χ4n) is 1.85. The van der Waals surface area contributed by atoms with Crippen molar-refractivity contribution in [2.24, 2.45) is 5.73 Å². The van der Waals surface area contributed by atoms with Crippen LogP contribution in [0.15, 0.2) is 22.8 Å². The lowest BCUT2D eigenvalue weighted by Crippen LogP contribution is -2.50. The largest absolute Gasteiger partial charge is 0.468 e. The Hall–Kier alpha value is -1.33. The first kappa shape index (κ1) is 10.2. The molecule has 5 nitrogen and oxygen atoms in total. The monoisotopic (exact) mass is 209 g/mol. The molecule has 0 bridgehead atoms. The maximum absolute atomic E-state index is 11.2. The van der Waals surface area contributed by atoms with Crippen molar-refractivity contribution in [3.8, 4) is 0 Å². The van der Waals surface area contributed by atoms with Crippen LogP contribution in [-0.2, 0) is 4.79 Å². The van der Waals surface area contributed by atoms with Crippen molar-refractivity contribution in [2.75, 3.05) is 26.2 Å². The molecule has 1 aromatic rings. The highest BCUT2D eigenvalue weighted by Crippen LogP contribution is 2.20. The van der Waals surface area contributed by atoms with E-state index in [0.717, 1.165) is 12.3 Å². The summed E-state index contributed by atoms with van der Waals surface area (Å²) in [6.07, 6.45) is 1.63. The number of furan rings is 1. The van der Waals surface area contributed by atoms with Crippen molar-refractivity contribution >= 4 is 5.91 Å². The van der Waals surface area contributed by atoms with Gasteiger partial charge in [0.1, 0.15) is 5.76 Å². The number of rotatable bonds is 3. The molecule has 1 aromatic heterocycles. The molecule has 5 heteroatoms. The average Bonchev–Trinajstić information content (AvgIpc) is 2.72. The van der Waals surface area contributed by atoms with Gasteiger partial charge in [0.05, 0.1) is 18.8 Å². The van der Waals surface area contributed by atoms with Gasteiger partial charge in [-0.3, -0.25) is 9.69 Å². The molecule has 0 aromatic carbocycles. The molecule has 1 aliphatic rings. The Morgan fingerprint density at radius 3 is 3.13 bits per heavy atom. The average molecular weight is 209 g/mol. The number of carbonyl (C=O) groups is 1. The molecule has 0 aliphatic carbocycles. The normalized spacial score (nSPS) is 19.9. The van der Waals surface area contributed by atoms with Gasteiger partial charge < -0.3 is 15.5 Å². The summed E-state index contributed by atoms with van der Waals surface area (Å²) >= 11 is 0. The lowest BCUT2D eigenvalue weighted by atomic mass is 10.1. The molecule has 1 fully saturated rings. The van der Waals surface area contributed by atoms with Crippen LogP contribution in [-0.4, -0.2) is 37.0 Å². The van der Waals surface area contributed by atoms with E-state index in [1.54, 1.807) is 6.26 Å².